The van der Waals surface area contributed by atoms with Gasteiger partial charge in [-0.2, -0.15) is 0 Å². The van der Waals surface area contributed by atoms with Gasteiger partial charge in [0.1, 0.15) is 19.8 Å². The van der Waals surface area contributed by atoms with Crippen molar-refractivity contribution in [1.29, 1.82) is 0 Å². The number of esters is 2. The number of unbranched alkanes of at least 4 members (excludes halogenated alkanes) is 23. The molecular formula is C48H90NO8P. The maximum absolute atomic E-state index is 12.7. The van der Waals surface area contributed by atoms with E-state index in [-0.39, 0.29) is 26.1 Å². The molecule has 0 N–H and O–H groups in total. The molecule has 0 fully saturated rings. The van der Waals surface area contributed by atoms with E-state index in [1.165, 1.54) is 122 Å². The lowest BCUT2D eigenvalue weighted by Crippen LogP contribution is -2.37. The standard InChI is InChI=1S/C48H90NO8P/c1-6-8-10-12-14-16-18-20-22-23-24-25-27-29-31-33-35-37-39-41-48(51)57-46(45-56-58(52,53)55-43-42-49(3,4)5)44-54-47(50)40-38-36-34-32-30-28-26-21-19-17-15-13-11-9-7-2/h14,16,20,22,34,36,46H,6-13,15,17-19,21,23-33,35,37-45H2,1-5H3/b16-14+,22-20+,36-34+/t46-/m1/s1. The minimum Gasteiger partial charge on any atom is -0.756 e. The van der Waals surface area contributed by atoms with Crippen molar-refractivity contribution >= 4 is 19.8 Å². The van der Waals surface area contributed by atoms with Crippen LogP contribution < -0.4 is 4.89 Å². The number of nitrogens with zero attached hydrogens (tertiary/aromatic N) is 1. The molecule has 0 aromatic heterocycles. The number of phosphoric ester groups is 1. The average molecular weight is 840 g/mol. The van der Waals surface area contributed by atoms with Crippen LogP contribution in [0.2, 0.25) is 0 Å². The van der Waals surface area contributed by atoms with Gasteiger partial charge < -0.3 is 27.9 Å². The Labute approximate surface area is 357 Å². The van der Waals surface area contributed by atoms with Crippen LogP contribution in [-0.4, -0.2) is 70.0 Å². The number of hydrogen-bond acceptors (Lipinski definition) is 8. The van der Waals surface area contributed by atoms with Crippen molar-refractivity contribution in [3.8, 4) is 0 Å². The summed E-state index contributed by atoms with van der Waals surface area (Å²) < 4.78 is 33.9. The van der Waals surface area contributed by atoms with Gasteiger partial charge >= 0.3 is 11.9 Å². The van der Waals surface area contributed by atoms with E-state index < -0.39 is 32.5 Å². The fourth-order valence-electron chi connectivity index (χ4n) is 6.41. The zero-order valence-electron chi connectivity index (χ0n) is 38.2. The van der Waals surface area contributed by atoms with Crippen LogP contribution in [0.15, 0.2) is 36.5 Å². The van der Waals surface area contributed by atoms with Gasteiger partial charge in [0.25, 0.3) is 7.82 Å². The fraction of sp³-hybridized carbons (Fsp3) is 0.833. The number of hydrogen-bond donors (Lipinski definition) is 0. The SMILES string of the molecule is CCCCC/C=C/C/C=C/CCCCCCCCCCCC(=O)O[C@H](COC(=O)CC/C=C/CCCCCCCCCCCCC)COP(=O)([O-])OCC[N+](C)(C)C. The van der Waals surface area contributed by atoms with Crippen LogP contribution in [0.3, 0.4) is 0 Å². The Kier molecular flexibility index (Phi) is 39.4. The highest BCUT2D eigenvalue weighted by Gasteiger charge is 2.21. The van der Waals surface area contributed by atoms with E-state index in [2.05, 4.69) is 44.2 Å². The van der Waals surface area contributed by atoms with Gasteiger partial charge in [0.2, 0.25) is 0 Å². The second-order valence-electron chi connectivity index (χ2n) is 17.1. The van der Waals surface area contributed by atoms with Crippen molar-refractivity contribution in [2.75, 3.05) is 47.5 Å². The molecule has 0 aliphatic heterocycles. The van der Waals surface area contributed by atoms with Crippen molar-refractivity contribution in [2.45, 2.75) is 213 Å². The van der Waals surface area contributed by atoms with E-state index in [4.69, 9.17) is 18.5 Å². The van der Waals surface area contributed by atoms with Gasteiger partial charge in [0.15, 0.2) is 6.10 Å². The predicted molar refractivity (Wildman–Crippen MR) is 241 cm³/mol. The Morgan fingerprint density at radius 1 is 0.534 bits per heavy atom. The Bertz CT molecular complexity index is 1090. The highest BCUT2D eigenvalue weighted by atomic mass is 31.2. The summed E-state index contributed by atoms with van der Waals surface area (Å²) >= 11 is 0. The van der Waals surface area contributed by atoms with Crippen molar-refractivity contribution < 1.29 is 42.1 Å². The zero-order chi connectivity index (χ0) is 42.8. The van der Waals surface area contributed by atoms with Gasteiger partial charge in [-0.15, -0.1) is 0 Å². The Balaban J connectivity index is 4.34. The molecule has 2 atom stereocenters. The quantitative estimate of drug-likeness (QED) is 0.0196. The van der Waals surface area contributed by atoms with Crippen molar-refractivity contribution in [1.82, 2.24) is 0 Å². The summed E-state index contributed by atoms with van der Waals surface area (Å²) in [6.45, 7) is 4.17. The van der Waals surface area contributed by atoms with Crippen molar-refractivity contribution in [3.05, 3.63) is 36.5 Å². The molecule has 0 radical (unpaired) electrons. The number of allylic oxidation sites excluding steroid dienone is 6. The molecule has 1 unspecified atom stereocenters. The maximum atomic E-state index is 12.7. The largest absolute Gasteiger partial charge is 0.756 e. The number of carbonyl (C=O) groups excluding carboxylic acids is 2. The summed E-state index contributed by atoms with van der Waals surface area (Å²) in [7, 11) is 1.15. The molecule has 58 heavy (non-hydrogen) atoms. The minimum absolute atomic E-state index is 0.0361. The Morgan fingerprint density at radius 2 is 0.966 bits per heavy atom. The molecule has 10 heteroatoms. The van der Waals surface area contributed by atoms with E-state index in [9.17, 15) is 19.0 Å². The molecule has 0 amide bonds. The number of quaternary nitrogens is 1. The number of ether oxygens (including phenoxy) is 2. The van der Waals surface area contributed by atoms with Gasteiger partial charge in [-0.3, -0.25) is 14.2 Å². The topological polar surface area (TPSA) is 111 Å². The molecular weight excluding hydrogens is 750 g/mol. The zero-order valence-corrected chi connectivity index (χ0v) is 39.1. The van der Waals surface area contributed by atoms with E-state index >= 15 is 0 Å². The second-order valence-corrected chi connectivity index (χ2v) is 18.5. The van der Waals surface area contributed by atoms with Crippen LogP contribution in [0.4, 0.5) is 0 Å². The molecule has 0 aromatic carbocycles. The smallest absolute Gasteiger partial charge is 0.306 e. The minimum atomic E-state index is -4.63. The predicted octanol–water partition coefficient (Wildman–Crippen LogP) is 13.1. The third-order valence-electron chi connectivity index (χ3n) is 10.1. The third kappa shape index (κ3) is 43.8. The second kappa shape index (κ2) is 40.6. The highest BCUT2D eigenvalue weighted by Crippen LogP contribution is 2.38. The van der Waals surface area contributed by atoms with Gasteiger partial charge in [-0.1, -0.05) is 172 Å². The first-order valence-electron chi connectivity index (χ1n) is 23.7. The van der Waals surface area contributed by atoms with E-state index in [1.807, 2.05) is 27.2 Å². The maximum Gasteiger partial charge on any atom is 0.306 e. The monoisotopic (exact) mass is 840 g/mol. The molecule has 0 bridgehead atoms. The van der Waals surface area contributed by atoms with E-state index in [0.717, 1.165) is 44.9 Å². The molecule has 0 aliphatic carbocycles. The summed E-state index contributed by atoms with van der Waals surface area (Å²) in [6.07, 6.45) is 46.1. The summed E-state index contributed by atoms with van der Waals surface area (Å²) in [5, 5.41) is 0. The average Bonchev–Trinajstić information content (AvgIpc) is 3.17. The van der Waals surface area contributed by atoms with Crippen LogP contribution >= 0.6 is 7.82 Å². The van der Waals surface area contributed by atoms with Gasteiger partial charge in [0.05, 0.1) is 27.7 Å². The molecule has 0 spiro atoms. The number of likely N-dealkylation sites (N-methyl/N-ethyl adjacent to an activating group) is 1. The first-order valence-corrected chi connectivity index (χ1v) is 25.2. The lowest BCUT2D eigenvalue weighted by molar-refractivity contribution is -0.870. The molecule has 340 valence electrons. The number of carbonyl (C=O) groups is 2. The number of phosphoric acid groups is 1. The molecule has 0 heterocycles. The summed E-state index contributed by atoms with van der Waals surface area (Å²) in [5.74, 6) is -0.892. The Hall–Kier alpha value is -1.77. The van der Waals surface area contributed by atoms with Gasteiger partial charge in [0, 0.05) is 12.8 Å². The normalized spacial score (nSPS) is 13.8. The molecule has 0 rings (SSSR count). The number of rotatable bonds is 43. The lowest BCUT2D eigenvalue weighted by Gasteiger charge is -2.28. The highest BCUT2D eigenvalue weighted by molar-refractivity contribution is 7.45. The van der Waals surface area contributed by atoms with Gasteiger partial charge in [-0.05, 0) is 57.8 Å². The van der Waals surface area contributed by atoms with Crippen molar-refractivity contribution in [3.63, 3.8) is 0 Å². The van der Waals surface area contributed by atoms with E-state index in [1.54, 1.807) is 0 Å². The molecule has 0 saturated heterocycles. The lowest BCUT2D eigenvalue weighted by atomic mass is 10.1. The fourth-order valence-corrected chi connectivity index (χ4v) is 7.14. The summed E-state index contributed by atoms with van der Waals surface area (Å²) in [4.78, 5) is 37.6. The van der Waals surface area contributed by atoms with Crippen LogP contribution in [0, 0.1) is 0 Å². The first-order chi connectivity index (χ1) is 28.0. The van der Waals surface area contributed by atoms with Crippen LogP contribution in [0.25, 0.3) is 0 Å². The van der Waals surface area contributed by atoms with Crippen LogP contribution in [0.1, 0.15) is 206 Å². The van der Waals surface area contributed by atoms with Crippen LogP contribution in [0.5, 0.6) is 0 Å². The van der Waals surface area contributed by atoms with Gasteiger partial charge in [-0.25, -0.2) is 0 Å². The summed E-state index contributed by atoms with van der Waals surface area (Å²) in [5.41, 5.74) is 0. The molecule has 0 saturated carbocycles. The molecule has 0 aromatic rings. The first kappa shape index (κ1) is 56.2. The Morgan fingerprint density at radius 3 is 1.48 bits per heavy atom. The third-order valence-corrected chi connectivity index (χ3v) is 11.1. The van der Waals surface area contributed by atoms with E-state index in [0.29, 0.717) is 23.9 Å². The van der Waals surface area contributed by atoms with Crippen molar-refractivity contribution in [2.24, 2.45) is 0 Å². The summed E-state index contributed by atoms with van der Waals surface area (Å²) in [6, 6.07) is 0. The molecule has 0 aliphatic rings. The van der Waals surface area contributed by atoms with Crippen LogP contribution in [-0.2, 0) is 32.7 Å². The molecule has 9 nitrogen and oxygen atoms in total.